The number of H-pyrrole nitrogens is 1. The number of rotatable bonds is 11. The third-order valence-corrected chi connectivity index (χ3v) is 5.33. The van der Waals surface area contributed by atoms with Gasteiger partial charge in [-0.05, 0) is 51.3 Å². The van der Waals surface area contributed by atoms with E-state index in [1.54, 1.807) is 12.1 Å². The summed E-state index contributed by atoms with van der Waals surface area (Å²) in [5, 5.41) is 5.96. The lowest BCUT2D eigenvalue weighted by Crippen LogP contribution is -2.37. The number of ether oxygens (including phenoxy) is 1. The second kappa shape index (κ2) is 11.3. The molecule has 11 nitrogen and oxygen atoms in total. The van der Waals surface area contributed by atoms with E-state index < -0.39 is 6.04 Å². The number of anilines is 3. The Morgan fingerprint density at radius 3 is 2.60 bits per heavy atom. The van der Waals surface area contributed by atoms with E-state index in [2.05, 4.69) is 32.5 Å². The SMILES string of the molecule is CCCCNc1nc(N)c2[nH]c(=O)n(Cc3ccc(NC(=O)[C@@H](N)CCOC(C)(C)C)cc3)c2n1. The van der Waals surface area contributed by atoms with Gasteiger partial charge in [0.25, 0.3) is 0 Å². The number of carbonyl (C=O) groups excluding carboxylic acids is 1. The predicted octanol–water partition coefficient (Wildman–Crippen LogP) is 2.43. The molecule has 11 heteroatoms. The summed E-state index contributed by atoms with van der Waals surface area (Å²) in [5.41, 5.74) is 13.7. The minimum Gasteiger partial charge on any atom is -0.382 e. The number of carbonyl (C=O) groups is 1. The highest BCUT2D eigenvalue weighted by atomic mass is 16.5. The van der Waals surface area contributed by atoms with E-state index in [1.807, 2.05) is 32.9 Å². The highest BCUT2D eigenvalue weighted by molar-refractivity contribution is 5.94. The number of aromatic amines is 1. The number of nitrogens with two attached hydrogens (primary N) is 2. The minimum atomic E-state index is -0.674. The first-order chi connectivity index (χ1) is 16.6. The molecular weight excluding hydrogens is 448 g/mol. The van der Waals surface area contributed by atoms with Crippen LogP contribution in [0.5, 0.6) is 0 Å². The van der Waals surface area contributed by atoms with Crippen LogP contribution in [0.2, 0.25) is 0 Å². The van der Waals surface area contributed by atoms with Crippen molar-refractivity contribution in [2.45, 2.75) is 65.1 Å². The van der Waals surface area contributed by atoms with Crippen molar-refractivity contribution in [3.05, 3.63) is 40.3 Å². The number of nitrogens with one attached hydrogen (secondary N) is 3. The van der Waals surface area contributed by atoms with Crippen LogP contribution in [0.3, 0.4) is 0 Å². The summed E-state index contributed by atoms with van der Waals surface area (Å²) < 4.78 is 7.15. The standard InChI is InChI=1S/C24H36N8O3/c1-5-6-12-27-22-30-19(26)18-20(31-22)32(23(34)29-18)14-15-7-9-16(10-8-15)28-21(33)17(25)11-13-35-24(2,3)4/h7-10,17H,5-6,11-14,25H2,1-4H3,(H,28,33)(H,29,34)(H3,26,27,30,31)/t17-/m0/s1. The Hall–Kier alpha value is -3.44. The summed E-state index contributed by atoms with van der Waals surface area (Å²) in [6.45, 7) is 9.36. The van der Waals surface area contributed by atoms with Gasteiger partial charge in [0.2, 0.25) is 11.9 Å². The van der Waals surface area contributed by atoms with E-state index >= 15 is 0 Å². The normalized spacial score (nSPS) is 12.6. The van der Waals surface area contributed by atoms with Crippen molar-refractivity contribution in [3.63, 3.8) is 0 Å². The van der Waals surface area contributed by atoms with E-state index in [1.165, 1.54) is 4.57 Å². The quantitative estimate of drug-likeness (QED) is 0.259. The van der Waals surface area contributed by atoms with Crippen molar-refractivity contribution in [3.8, 4) is 0 Å². The maximum absolute atomic E-state index is 12.6. The first-order valence-electron chi connectivity index (χ1n) is 11.9. The van der Waals surface area contributed by atoms with Crippen LogP contribution in [0.4, 0.5) is 17.5 Å². The third kappa shape index (κ3) is 7.27. The van der Waals surface area contributed by atoms with Gasteiger partial charge in [0.05, 0.1) is 18.2 Å². The van der Waals surface area contributed by atoms with Crippen molar-refractivity contribution < 1.29 is 9.53 Å². The highest BCUT2D eigenvalue weighted by Crippen LogP contribution is 2.18. The predicted molar refractivity (Wildman–Crippen MR) is 138 cm³/mol. The maximum atomic E-state index is 12.6. The largest absolute Gasteiger partial charge is 0.382 e. The Bertz CT molecular complexity index is 1190. The fourth-order valence-electron chi connectivity index (χ4n) is 3.39. The van der Waals surface area contributed by atoms with Gasteiger partial charge in [0.1, 0.15) is 5.52 Å². The average molecular weight is 485 g/mol. The van der Waals surface area contributed by atoms with Gasteiger partial charge in [-0.25, -0.2) is 4.79 Å². The number of benzene rings is 1. The van der Waals surface area contributed by atoms with Crippen molar-refractivity contribution in [1.29, 1.82) is 0 Å². The average Bonchev–Trinajstić information content (AvgIpc) is 3.10. The van der Waals surface area contributed by atoms with Gasteiger partial charge >= 0.3 is 5.69 Å². The molecule has 1 atom stereocenters. The van der Waals surface area contributed by atoms with Crippen molar-refractivity contribution >= 4 is 34.5 Å². The molecule has 1 aromatic carbocycles. The zero-order valence-electron chi connectivity index (χ0n) is 20.9. The monoisotopic (exact) mass is 484 g/mol. The summed E-state index contributed by atoms with van der Waals surface area (Å²) in [6.07, 6.45) is 2.43. The number of nitrogen functional groups attached to an aromatic ring is 1. The maximum Gasteiger partial charge on any atom is 0.328 e. The topological polar surface area (TPSA) is 166 Å². The Balaban J connectivity index is 1.67. The number of nitrogens with zero attached hydrogens (tertiary/aromatic N) is 3. The van der Waals surface area contributed by atoms with Crippen LogP contribution in [-0.4, -0.2) is 50.2 Å². The molecule has 0 aliphatic rings. The summed E-state index contributed by atoms with van der Waals surface area (Å²) in [5.74, 6) is 0.323. The number of hydrogen-bond acceptors (Lipinski definition) is 8. The molecular formula is C24H36N8O3. The molecule has 7 N–H and O–H groups in total. The van der Waals surface area contributed by atoms with Crippen LogP contribution in [-0.2, 0) is 16.1 Å². The first-order valence-corrected chi connectivity index (χ1v) is 11.9. The van der Waals surface area contributed by atoms with Gasteiger partial charge in [-0.2, -0.15) is 9.97 Å². The van der Waals surface area contributed by atoms with E-state index in [4.69, 9.17) is 16.2 Å². The summed E-state index contributed by atoms with van der Waals surface area (Å²) in [4.78, 5) is 36.4. The molecule has 0 spiro atoms. The van der Waals surface area contributed by atoms with Crippen LogP contribution in [0, 0.1) is 0 Å². The second-order valence-corrected chi connectivity index (χ2v) is 9.47. The summed E-state index contributed by atoms with van der Waals surface area (Å²) in [7, 11) is 0. The van der Waals surface area contributed by atoms with Crippen LogP contribution >= 0.6 is 0 Å². The molecule has 3 aromatic rings. The smallest absolute Gasteiger partial charge is 0.328 e. The molecule has 1 amide bonds. The van der Waals surface area contributed by atoms with Crippen molar-refractivity contribution in [2.24, 2.45) is 5.73 Å². The minimum absolute atomic E-state index is 0.215. The lowest BCUT2D eigenvalue weighted by Gasteiger charge is -2.20. The van der Waals surface area contributed by atoms with Gasteiger partial charge in [-0.15, -0.1) is 0 Å². The number of hydrogen-bond donors (Lipinski definition) is 5. The molecule has 0 unspecified atom stereocenters. The van der Waals surface area contributed by atoms with E-state index in [0.717, 1.165) is 24.9 Å². The zero-order valence-corrected chi connectivity index (χ0v) is 20.9. The second-order valence-electron chi connectivity index (χ2n) is 9.47. The molecule has 0 fully saturated rings. The highest BCUT2D eigenvalue weighted by Gasteiger charge is 2.17. The van der Waals surface area contributed by atoms with Crippen molar-refractivity contribution in [1.82, 2.24) is 19.5 Å². The van der Waals surface area contributed by atoms with Crippen LogP contribution in [0.15, 0.2) is 29.1 Å². The molecule has 0 bridgehead atoms. The summed E-state index contributed by atoms with van der Waals surface area (Å²) >= 11 is 0. The lowest BCUT2D eigenvalue weighted by atomic mass is 10.1. The fourth-order valence-corrected chi connectivity index (χ4v) is 3.39. The van der Waals surface area contributed by atoms with Gasteiger partial charge in [-0.1, -0.05) is 25.5 Å². The Kier molecular flexibility index (Phi) is 8.47. The molecule has 35 heavy (non-hydrogen) atoms. The molecule has 0 aliphatic carbocycles. The van der Waals surface area contributed by atoms with Gasteiger partial charge < -0.3 is 31.8 Å². The number of amides is 1. The molecule has 0 radical (unpaired) electrons. The number of aromatic nitrogens is 4. The van der Waals surface area contributed by atoms with E-state index in [9.17, 15) is 9.59 Å². The van der Waals surface area contributed by atoms with E-state index in [-0.39, 0.29) is 29.6 Å². The van der Waals surface area contributed by atoms with Gasteiger partial charge in [-0.3, -0.25) is 9.36 Å². The van der Waals surface area contributed by atoms with Crippen LogP contribution in [0.1, 0.15) is 52.5 Å². The van der Waals surface area contributed by atoms with Crippen molar-refractivity contribution in [2.75, 3.05) is 29.5 Å². The molecule has 3 rings (SSSR count). The van der Waals surface area contributed by atoms with Gasteiger partial charge in [0.15, 0.2) is 11.5 Å². The molecule has 0 aliphatic heterocycles. The first kappa shape index (κ1) is 26.2. The van der Waals surface area contributed by atoms with Crippen LogP contribution < -0.4 is 27.8 Å². The number of fused-ring (bicyclic) bond motifs is 1. The molecule has 2 aromatic heterocycles. The fraction of sp³-hybridized carbons (Fsp3) is 0.500. The molecule has 2 heterocycles. The lowest BCUT2D eigenvalue weighted by molar-refractivity contribution is -0.118. The molecule has 190 valence electrons. The Morgan fingerprint density at radius 1 is 1.23 bits per heavy atom. The van der Waals surface area contributed by atoms with Gasteiger partial charge in [0, 0.05) is 18.8 Å². The third-order valence-electron chi connectivity index (χ3n) is 5.33. The Morgan fingerprint density at radius 2 is 1.94 bits per heavy atom. The van der Waals surface area contributed by atoms with E-state index in [0.29, 0.717) is 35.8 Å². The summed E-state index contributed by atoms with van der Waals surface area (Å²) in [6, 6.07) is 6.53. The Labute approximate surface area is 204 Å². The molecule has 0 saturated carbocycles. The number of imidazole rings is 1. The zero-order chi connectivity index (χ0) is 25.6. The number of unbranched alkanes of at least 4 members (excludes halogenated alkanes) is 1. The molecule has 0 saturated heterocycles. The van der Waals surface area contributed by atoms with Crippen LogP contribution in [0.25, 0.3) is 11.2 Å².